The third-order valence-electron chi connectivity index (χ3n) is 5.75. The summed E-state index contributed by atoms with van der Waals surface area (Å²) in [4.78, 5) is 31.3. The second-order valence-electron chi connectivity index (χ2n) is 7.85. The van der Waals surface area contributed by atoms with Crippen LogP contribution in [0.25, 0.3) is 22.3 Å². The number of nitrogens with zero attached hydrogens (tertiary/aromatic N) is 4. The quantitative estimate of drug-likeness (QED) is 0.499. The molecule has 5 rings (SSSR count). The van der Waals surface area contributed by atoms with Crippen LogP contribution in [0.5, 0.6) is 0 Å². The number of anilines is 2. The minimum Gasteiger partial charge on any atom is -0.381 e. The Bertz CT molecular complexity index is 1230. The van der Waals surface area contributed by atoms with E-state index in [9.17, 15) is 4.79 Å². The maximum absolute atomic E-state index is 13.0. The second-order valence-corrected chi connectivity index (χ2v) is 7.85. The van der Waals surface area contributed by atoms with Crippen LogP contribution >= 0.6 is 0 Å². The lowest BCUT2D eigenvalue weighted by molar-refractivity contribution is 0.0359. The van der Waals surface area contributed by atoms with Gasteiger partial charge in [0.1, 0.15) is 5.69 Å². The number of amides is 1. The molecule has 8 nitrogen and oxygen atoms in total. The molecule has 1 amide bonds. The molecule has 1 aliphatic rings. The first-order valence-corrected chi connectivity index (χ1v) is 10.7. The lowest BCUT2D eigenvalue weighted by Gasteiger charge is -2.30. The number of rotatable bonds is 5. The Morgan fingerprint density at radius 1 is 1.06 bits per heavy atom. The van der Waals surface area contributed by atoms with Gasteiger partial charge in [-0.15, -0.1) is 0 Å². The van der Waals surface area contributed by atoms with Crippen LogP contribution in [0.1, 0.15) is 23.3 Å². The van der Waals surface area contributed by atoms with Crippen LogP contribution in [0.4, 0.5) is 11.6 Å². The zero-order chi connectivity index (χ0) is 21.9. The van der Waals surface area contributed by atoms with Crippen LogP contribution < -0.4 is 5.32 Å². The summed E-state index contributed by atoms with van der Waals surface area (Å²) in [5, 5.41) is 4.19. The Kier molecular flexibility index (Phi) is 5.51. The van der Waals surface area contributed by atoms with E-state index in [-0.39, 0.29) is 11.9 Å². The third kappa shape index (κ3) is 4.17. The SMILES string of the molecule is CN(C(=O)c1cc2cc(Nc3nccc(-c4ccccn4)n3)ccc2[nH]1)C1CCOCC1. The summed E-state index contributed by atoms with van der Waals surface area (Å²) in [5.41, 5.74) is 3.86. The second kappa shape index (κ2) is 8.76. The smallest absolute Gasteiger partial charge is 0.270 e. The molecule has 1 aromatic carbocycles. The molecule has 0 bridgehead atoms. The van der Waals surface area contributed by atoms with E-state index >= 15 is 0 Å². The fourth-order valence-corrected chi connectivity index (χ4v) is 3.96. The van der Waals surface area contributed by atoms with Gasteiger partial charge in [0.15, 0.2) is 0 Å². The normalized spacial score (nSPS) is 14.4. The summed E-state index contributed by atoms with van der Waals surface area (Å²) in [7, 11) is 1.86. The Hall–Kier alpha value is -3.78. The predicted molar refractivity (Wildman–Crippen MR) is 123 cm³/mol. The van der Waals surface area contributed by atoms with Crippen LogP contribution in [0.15, 0.2) is 60.9 Å². The fourth-order valence-electron chi connectivity index (χ4n) is 3.96. The van der Waals surface area contributed by atoms with Gasteiger partial charge in [-0.3, -0.25) is 9.78 Å². The van der Waals surface area contributed by atoms with Crippen molar-refractivity contribution < 1.29 is 9.53 Å². The minimum absolute atomic E-state index is 0.00555. The van der Waals surface area contributed by atoms with Crippen molar-refractivity contribution in [1.82, 2.24) is 24.8 Å². The number of ether oxygens (including phenoxy) is 1. The van der Waals surface area contributed by atoms with E-state index in [0.717, 1.165) is 40.8 Å². The Balaban J connectivity index is 1.35. The molecule has 0 spiro atoms. The van der Waals surface area contributed by atoms with E-state index in [1.807, 2.05) is 60.5 Å². The van der Waals surface area contributed by atoms with Crippen molar-refractivity contribution in [2.45, 2.75) is 18.9 Å². The first kappa shape index (κ1) is 20.1. The number of H-pyrrole nitrogens is 1. The number of aromatic nitrogens is 4. The number of carbonyl (C=O) groups is 1. The van der Waals surface area contributed by atoms with Crippen molar-refractivity contribution >= 4 is 28.4 Å². The van der Waals surface area contributed by atoms with E-state index in [0.29, 0.717) is 24.9 Å². The van der Waals surface area contributed by atoms with E-state index < -0.39 is 0 Å². The van der Waals surface area contributed by atoms with E-state index in [1.165, 1.54) is 0 Å². The molecule has 0 saturated carbocycles. The third-order valence-corrected chi connectivity index (χ3v) is 5.75. The molecule has 0 radical (unpaired) electrons. The van der Waals surface area contributed by atoms with Gasteiger partial charge < -0.3 is 19.9 Å². The van der Waals surface area contributed by atoms with Crippen molar-refractivity contribution in [3.63, 3.8) is 0 Å². The number of carbonyl (C=O) groups excluding carboxylic acids is 1. The lowest BCUT2D eigenvalue weighted by atomic mass is 10.1. The highest BCUT2D eigenvalue weighted by Crippen LogP contribution is 2.24. The van der Waals surface area contributed by atoms with Gasteiger partial charge in [0, 0.05) is 55.3 Å². The van der Waals surface area contributed by atoms with Crippen LogP contribution in [0.3, 0.4) is 0 Å². The minimum atomic E-state index is -0.00555. The summed E-state index contributed by atoms with van der Waals surface area (Å²) in [6.07, 6.45) is 5.18. The molecule has 0 unspecified atom stereocenters. The summed E-state index contributed by atoms with van der Waals surface area (Å²) < 4.78 is 5.41. The van der Waals surface area contributed by atoms with Gasteiger partial charge in [0.25, 0.3) is 5.91 Å². The monoisotopic (exact) mass is 428 g/mol. The highest BCUT2D eigenvalue weighted by Gasteiger charge is 2.24. The summed E-state index contributed by atoms with van der Waals surface area (Å²) in [5.74, 6) is 0.479. The number of fused-ring (bicyclic) bond motifs is 1. The molecule has 1 fully saturated rings. The zero-order valence-corrected chi connectivity index (χ0v) is 17.8. The first-order chi connectivity index (χ1) is 15.7. The largest absolute Gasteiger partial charge is 0.381 e. The molecular formula is C24H24N6O2. The number of aromatic amines is 1. The topological polar surface area (TPSA) is 96.0 Å². The van der Waals surface area contributed by atoms with Crippen LogP contribution in [0.2, 0.25) is 0 Å². The Morgan fingerprint density at radius 2 is 1.94 bits per heavy atom. The molecule has 162 valence electrons. The molecule has 4 heterocycles. The van der Waals surface area contributed by atoms with Gasteiger partial charge >= 0.3 is 0 Å². The molecular weight excluding hydrogens is 404 g/mol. The van der Waals surface area contributed by atoms with Crippen LogP contribution in [-0.4, -0.2) is 57.0 Å². The van der Waals surface area contributed by atoms with Gasteiger partial charge in [0.05, 0.1) is 11.4 Å². The molecule has 4 aromatic rings. The average Bonchev–Trinajstić information content (AvgIpc) is 3.28. The number of hydrogen-bond acceptors (Lipinski definition) is 6. The number of hydrogen-bond donors (Lipinski definition) is 2. The highest BCUT2D eigenvalue weighted by atomic mass is 16.5. The average molecular weight is 428 g/mol. The fraction of sp³-hybridized carbons (Fsp3) is 0.250. The van der Waals surface area contributed by atoms with Crippen molar-refractivity contribution in [2.75, 3.05) is 25.6 Å². The molecule has 32 heavy (non-hydrogen) atoms. The van der Waals surface area contributed by atoms with Crippen molar-refractivity contribution in [2.24, 2.45) is 0 Å². The predicted octanol–water partition coefficient (Wildman–Crippen LogP) is 4.01. The molecule has 1 saturated heterocycles. The van der Waals surface area contributed by atoms with Crippen LogP contribution in [-0.2, 0) is 4.74 Å². The van der Waals surface area contributed by atoms with Gasteiger partial charge in [0.2, 0.25) is 5.95 Å². The van der Waals surface area contributed by atoms with Crippen molar-refractivity contribution in [3.05, 3.63) is 66.6 Å². The number of pyridine rings is 1. The highest BCUT2D eigenvalue weighted by molar-refractivity contribution is 5.98. The molecule has 0 aliphatic carbocycles. The summed E-state index contributed by atoms with van der Waals surface area (Å²) in [6.45, 7) is 1.40. The molecule has 1 aliphatic heterocycles. The van der Waals surface area contributed by atoms with E-state index in [2.05, 4.69) is 25.3 Å². The molecule has 2 N–H and O–H groups in total. The number of nitrogens with one attached hydrogen (secondary N) is 2. The van der Waals surface area contributed by atoms with Crippen molar-refractivity contribution in [3.8, 4) is 11.4 Å². The van der Waals surface area contributed by atoms with E-state index in [4.69, 9.17) is 4.74 Å². The zero-order valence-electron chi connectivity index (χ0n) is 17.8. The van der Waals surface area contributed by atoms with Gasteiger partial charge in [-0.25, -0.2) is 9.97 Å². The molecule has 0 atom stereocenters. The maximum Gasteiger partial charge on any atom is 0.270 e. The Morgan fingerprint density at radius 3 is 2.75 bits per heavy atom. The maximum atomic E-state index is 13.0. The summed E-state index contributed by atoms with van der Waals surface area (Å²) in [6, 6.07) is 15.5. The van der Waals surface area contributed by atoms with E-state index in [1.54, 1.807) is 12.4 Å². The molecule has 3 aromatic heterocycles. The lowest BCUT2D eigenvalue weighted by Crippen LogP contribution is -2.40. The standard InChI is InChI=1S/C24H24N6O2/c1-30(18-8-12-32-13-9-18)23(31)22-15-16-14-17(5-6-19(16)28-22)27-24-26-11-7-21(29-24)20-4-2-3-10-25-20/h2-7,10-11,14-15,18,28H,8-9,12-13H2,1H3,(H,26,27,29). The first-order valence-electron chi connectivity index (χ1n) is 10.7. The van der Waals surface area contributed by atoms with Crippen LogP contribution in [0, 0.1) is 0 Å². The van der Waals surface area contributed by atoms with Gasteiger partial charge in [-0.1, -0.05) is 6.07 Å². The van der Waals surface area contributed by atoms with Gasteiger partial charge in [-0.2, -0.15) is 0 Å². The Labute approximate surface area is 185 Å². The van der Waals surface area contributed by atoms with Gasteiger partial charge in [-0.05, 0) is 55.3 Å². The molecule has 8 heteroatoms. The van der Waals surface area contributed by atoms with Crippen molar-refractivity contribution in [1.29, 1.82) is 0 Å². The number of benzene rings is 1. The summed E-state index contributed by atoms with van der Waals surface area (Å²) >= 11 is 0.